The molecule has 5 nitrogen and oxygen atoms in total. The van der Waals surface area contributed by atoms with Gasteiger partial charge in [-0.15, -0.1) is 0 Å². The smallest absolute Gasteiger partial charge is 0.221 e. The minimum Gasteiger partial charge on any atom is -0.362 e. The highest BCUT2D eigenvalue weighted by atomic mass is 16.1. The van der Waals surface area contributed by atoms with Crippen LogP contribution in [0.3, 0.4) is 0 Å². The molecular formula is C25H30N2O3. The molecule has 0 fully saturated rings. The maximum Gasteiger partial charge on any atom is 0.221 e. The summed E-state index contributed by atoms with van der Waals surface area (Å²) in [6.45, 7) is 9.95. The number of rotatable bonds is 2. The quantitative estimate of drug-likeness (QED) is 0.752. The monoisotopic (exact) mass is 406 g/mol. The fourth-order valence-electron chi connectivity index (χ4n) is 5.18. The fraction of sp³-hybridized carbons (Fsp3) is 0.480. The van der Waals surface area contributed by atoms with E-state index >= 15 is 0 Å². The van der Waals surface area contributed by atoms with Crippen LogP contribution in [0.4, 0.5) is 5.69 Å². The number of dihydropyridines is 1. The van der Waals surface area contributed by atoms with Crippen LogP contribution < -0.4 is 10.6 Å². The lowest BCUT2D eigenvalue weighted by Crippen LogP contribution is -2.42. The second kappa shape index (κ2) is 6.93. The van der Waals surface area contributed by atoms with Gasteiger partial charge in [0.05, 0.1) is 0 Å². The molecule has 0 unspecified atom stereocenters. The third kappa shape index (κ3) is 3.73. The Morgan fingerprint density at radius 3 is 1.77 bits per heavy atom. The number of amides is 1. The molecule has 0 aromatic heterocycles. The number of hydrogen-bond acceptors (Lipinski definition) is 4. The highest BCUT2D eigenvalue weighted by Crippen LogP contribution is 2.50. The zero-order chi connectivity index (χ0) is 21.8. The molecule has 2 N–H and O–H groups in total. The Labute approximate surface area is 178 Å². The van der Waals surface area contributed by atoms with Gasteiger partial charge in [0.2, 0.25) is 5.91 Å². The maximum atomic E-state index is 13.3. The molecule has 1 heterocycles. The van der Waals surface area contributed by atoms with Crippen LogP contribution in [0, 0.1) is 10.8 Å². The third-order valence-corrected chi connectivity index (χ3v) is 6.28. The van der Waals surface area contributed by atoms with E-state index in [1.165, 1.54) is 6.92 Å². The lowest BCUT2D eigenvalue weighted by molar-refractivity contribution is -0.119. The Morgan fingerprint density at radius 1 is 0.867 bits per heavy atom. The number of allylic oxidation sites excluding steroid dienone is 4. The molecule has 30 heavy (non-hydrogen) atoms. The Bertz CT molecular complexity index is 957. The number of benzene rings is 1. The van der Waals surface area contributed by atoms with Gasteiger partial charge in [-0.3, -0.25) is 14.4 Å². The summed E-state index contributed by atoms with van der Waals surface area (Å²) in [6, 6.07) is 7.54. The van der Waals surface area contributed by atoms with Crippen molar-refractivity contribution in [1.29, 1.82) is 0 Å². The van der Waals surface area contributed by atoms with Gasteiger partial charge in [0, 0.05) is 53.9 Å². The number of carbonyl (C=O) groups excluding carboxylic acids is 3. The van der Waals surface area contributed by atoms with Crippen molar-refractivity contribution in [3.05, 3.63) is 52.4 Å². The molecule has 0 saturated heterocycles. The van der Waals surface area contributed by atoms with E-state index < -0.39 is 0 Å². The van der Waals surface area contributed by atoms with Crippen LogP contribution in [0.2, 0.25) is 0 Å². The lowest BCUT2D eigenvalue weighted by Gasteiger charge is -2.44. The second-order valence-electron chi connectivity index (χ2n) is 10.5. The van der Waals surface area contributed by atoms with Gasteiger partial charge < -0.3 is 10.6 Å². The first kappa shape index (κ1) is 20.6. The molecule has 1 aliphatic heterocycles. The summed E-state index contributed by atoms with van der Waals surface area (Å²) in [4.78, 5) is 37.9. The third-order valence-electron chi connectivity index (χ3n) is 6.28. The predicted octanol–water partition coefficient (Wildman–Crippen LogP) is 4.62. The average molecular weight is 407 g/mol. The number of ketones is 2. The van der Waals surface area contributed by atoms with Crippen LogP contribution >= 0.6 is 0 Å². The van der Waals surface area contributed by atoms with Gasteiger partial charge in [-0.25, -0.2) is 0 Å². The summed E-state index contributed by atoms with van der Waals surface area (Å²) >= 11 is 0. The van der Waals surface area contributed by atoms with E-state index in [1.807, 2.05) is 24.3 Å². The number of Topliss-reactive ketones (excluding diaryl/α,β-unsaturated/α-hetero) is 2. The van der Waals surface area contributed by atoms with E-state index in [-0.39, 0.29) is 34.2 Å². The normalized spacial score (nSPS) is 23.0. The molecule has 0 saturated carbocycles. The number of anilines is 1. The van der Waals surface area contributed by atoms with Gasteiger partial charge >= 0.3 is 0 Å². The summed E-state index contributed by atoms with van der Waals surface area (Å²) in [5.74, 6) is -0.230. The first-order valence-electron chi connectivity index (χ1n) is 10.6. The second-order valence-corrected chi connectivity index (χ2v) is 10.5. The van der Waals surface area contributed by atoms with Crippen LogP contribution in [-0.2, 0) is 14.4 Å². The van der Waals surface area contributed by atoms with Gasteiger partial charge in [-0.05, 0) is 41.4 Å². The van der Waals surface area contributed by atoms with Crippen molar-refractivity contribution in [3.63, 3.8) is 0 Å². The Morgan fingerprint density at radius 2 is 1.33 bits per heavy atom. The van der Waals surface area contributed by atoms with Crippen LogP contribution in [-0.4, -0.2) is 17.5 Å². The van der Waals surface area contributed by atoms with Crippen LogP contribution in [0.1, 0.15) is 71.8 Å². The molecule has 5 heteroatoms. The SMILES string of the molecule is CC(=O)Nc1ccc(C2C3=C(CC(C)(C)CC3=O)NC3=C2C(=O)CC(C)(C)C3)cc1. The highest BCUT2D eigenvalue weighted by molar-refractivity contribution is 6.06. The average Bonchev–Trinajstić information content (AvgIpc) is 2.58. The van der Waals surface area contributed by atoms with Crippen LogP contribution in [0.5, 0.6) is 0 Å². The van der Waals surface area contributed by atoms with E-state index in [2.05, 4.69) is 38.3 Å². The zero-order valence-corrected chi connectivity index (χ0v) is 18.4. The van der Waals surface area contributed by atoms with Crippen molar-refractivity contribution in [2.24, 2.45) is 10.8 Å². The standard InChI is InChI=1S/C25H30N2O3/c1-14(28)26-16-8-6-15(7-9-16)21-22-17(10-24(2,3)12-19(22)29)27-18-11-25(4,5)13-20(30)23(18)21/h6-9,21,27H,10-13H2,1-5H3,(H,26,28). The summed E-state index contributed by atoms with van der Waals surface area (Å²) in [5, 5.41) is 6.30. The minimum absolute atomic E-state index is 0.102. The molecule has 4 rings (SSSR count). The van der Waals surface area contributed by atoms with Crippen molar-refractivity contribution >= 4 is 23.2 Å². The molecule has 0 radical (unpaired) electrons. The van der Waals surface area contributed by atoms with E-state index in [0.29, 0.717) is 18.5 Å². The highest BCUT2D eigenvalue weighted by Gasteiger charge is 2.46. The van der Waals surface area contributed by atoms with Gasteiger partial charge in [-0.1, -0.05) is 39.8 Å². The van der Waals surface area contributed by atoms with E-state index in [9.17, 15) is 14.4 Å². The molecule has 3 aliphatic rings. The van der Waals surface area contributed by atoms with E-state index in [4.69, 9.17) is 0 Å². The number of carbonyl (C=O) groups is 3. The maximum absolute atomic E-state index is 13.3. The van der Waals surface area contributed by atoms with Crippen molar-refractivity contribution in [2.75, 3.05) is 5.32 Å². The molecule has 2 aliphatic carbocycles. The Balaban J connectivity index is 1.84. The van der Waals surface area contributed by atoms with Crippen molar-refractivity contribution in [2.45, 2.75) is 66.2 Å². The number of nitrogens with one attached hydrogen (secondary N) is 2. The topological polar surface area (TPSA) is 75.3 Å². The van der Waals surface area contributed by atoms with Crippen LogP contribution in [0.25, 0.3) is 0 Å². The molecule has 1 aromatic carbocycles. The molecule has 1 aromatic rings. The summed E-state index contributed by atoms with van der Waals surface area (Å²) < 4.78 is 0. The Hall–Kier alpha value is -2.69. The molecule has 0 atom stereocenters. The lowest BCUT2D eigenvalue weighted by atomic mass is 9.64. The molecule has 0 bridgehead atoms. The van der Waals surface area contributed by atoms with Crippen LogP contribution in [0.15, 0.2) is 46.8 Å². The first-order chi connectivity index (χ1) is 14.0. The van der Waals surface area contributed by atoms with Gasteiger partial charge in [0.25, 0.3) is 0 Å². The fourth-order valence-corrected chi connectivity index (χ4v) is 5.18. The van der Waals surface area contributed by atoms with Gasteiger partial charge in [-0.2, -0.15) is 0 Å². The van der Waals surface area contributed by atoms with Crippen molar-refractivity contribution < 1.29 is 14.4 Å². The Kier molecular flexibility index (Phi) is 4.75. The molecule has 1 amide bonds. The molecular weight excluding hydrogens is 376 g/mol. The zero-order valence-electron chi connectivity index (χ0n) is 18.4. The molecule has 0 spiro atoms. The number of hydrogen-bond donors (Lipinski definition) is 2. The predicted molar refractivity (Wildman–Crippen MR) is 117 cm³/mol. The first-order valence-corrected chi connectivity index (χ1v) is 10.6. The van der Waals surface area contributed by atoms with Gasteiger partial charge in [0.15, 0.2) is 11.6 Å². The van der Waals surface area contributed by atoms with E-state index in [0.717, 1.165) is 40.9 Å². The largest absolute Gasteiger partial charge is 0.362 e. The summed E-state index contributed by atoms with van der Waals surface area (Å²) in [7, 11) is 0. The summed E-state index contributed by atoms with van der Waals surface area (Å²) in [5.41, 5.74) is 4.85. The van der Waals surface area contributed by atoms with Crippen molar-refractivity contribution in [1.82, 2.24) is 5.32 Å². The minimum atomic E-state index is -0.338. The van der Waals surface area contributed by atoms with E-state index in [1.54, 1.807) is 0 Å². The van der Waals surface area contributed by atoms with Crippen molar-refractivity contribution in [3.8, 4) is 0 Å². The molecule has 158 valence electrons. The van der Waals surface area contributed by atoms with Gasteiger partial charge in [0.1, 0.15) is 0 Å². The summed E-state index contributed by atoms with van der Waals surface area (Å²) in [6.07, 6.45) is 2.55.